The van der Waals surface area contributed by atoms with Gasteiger partial charge in [0.25, 0.3) is 0 Å². The molecule has 1 aliphatic rings. The van der Waals surface area contributed by atoms with Crippen molar-refractivity contribution in [3.05, 3.63) is 36.4 Å². The third kappa shape index (κ3) is 3.65. The van der Waals surface area contributed by atoms with Crippen LogP contribution in [0.3, 0.4) is 0 Å². The molecule has 22 heavy (non-hydrogen) atoms. The standard InChI is InChI=1S/C17H24N4O/c1-2-3-4-5-6-9-20-11-15-10-16(21-12-18-19-13-21)7-8-17(15)22-14-20/h7-8,10,12-13H,2-6,9,11,14H2,1H3. The molecular weight excluding hydrogens is 276 g/mol. The maximum absolute atomic E-state index is 5.87. The number of rotatable bonds is 7. The second-order valence-electron chi connectivity index (χ2n) is 5.90. The average molecular weight is 300 g/mol. The van der Waals surface area contributed by atoms with E-state index in [-0.39, 0.29) is 0 Å². The van der Waals surface area contributed by atoms with E-state index in [1.165, 1.54) is 37.7 Å². The van der Waals surface area contributed by atoms with Crippen LogP contribution in [-0.2, 0) is 6.54 Å². The smallest absolute Gasteiger partial charge is 0.142 e. The molecule has 0 unspecified atom stereocenters. The first-order valence-electron chi connectivity index (χ1n) is 8.20. The van der Waals surface area contributed by atoms with Crippen molar-refractivity contribution in [1.82, 2.24) is 19.7 Å². The summed E-state index contributed by atoms with van der Waals surface area (Å²) in [5.41, 5.74) is 2.32. The maximum atomic E-state index is 5.87. The summed E-state index contributed by atoms with van der Waals surface area (Å²) in [6.45, 7) is 5.02. The van der Waals surface area contributed by atoms with Gasteiger partial charge in [-0.15, -0.1) is 10.2 Å². The molecule has 0 radical (unpaired) electrons. The van der Waals surface area contributed by atoms with Crippen LogP contribution in [0.5, 0.6) is 5.75 Å². The summed E-state index contributed by atoms with van der Waals surface area (Å²) in [7, 11) is 0. The Labute approximate surface area is 131 Å². The van der Waals surface area contributed by atoms with E-state index in [1.807, 2.05) is 16.7 Å². The first-order valence-corrected chi connectivity index (χ1v) is 8.20. The van der Waals surface area contributed by atoms with Gasteiger partial charge >= 0.3 is 0 Å². The minimum Gasteiger partial charge on any atom is -0.478 e. The molecule has 1 aliphatic heterocycles. The highest BCUT2D eigenvalue weighted by Gasteiger charge is 2.17. The van der Waals surface area contributed by atoms with Gasteiger partial charge in [0.05, 0.1) is 0 Å². The van der Waals surface area contributed by atoms with E-state index in [0.29, 0.717) is 6.73 Å². The molecule has 0 aliphatic carbocycles. The number of hydrogen-bond donors (Lipinski definition) is 0. The maximum Gasteiger partial charge on any atom is 0.142 e. The minimum absolute atomic E-state index is 0.701. The van der Waals surface area contributed by atoms with Crippen LogP contribution in [0.25, 0.3) is 5.69 Å². The van der Waals surface area contributed by atoms with E-state index in [1.54, 1.807) is 12.7 Å². The minimum atomic E-state index is 0.701. The van der Waals surface area contributed by atoms with E-state index in [9.17, 15) is 0 Å². The zero-order valence-electron chi connectivity index (χ0n) is 13.2. The molecule has 5 heteroatoms. The number of fused-ring (bicyclic) bond motifs is 1. The fourth-order valence-electron chi connectivity index (χ4n) is 2.85. The third-order valence-corrected chi connectivity index (χ3v) is 4.14. The Bertz CT molecular complexity index is 582. The van der Waals surface area contributed by atoms with Gasteiger partial charge in [0.1, 0.15) is 25.1 Å². The Morgan fingerprint density at radius 2 is 1.91 bits per heavy atom. The van der Waals surface area contributed by atoms with E-state index >= 15 is 0 Å². The lowest BCUT2D eigenvalue weighted by Crippen LogP contribution is -2.32. The fraction of sp³-hybridized carbons (Fsp3) is 0.529. The van der Waals surface area contributed by atoms with Crippen molar-refractivity contribution in [2.75, 3.05) is 13.3 Å². The third-order valence-electron chi connectivity index (χ3n) is 4.14. The van der Waals surface area contributed by atoms with Crippen molar-refractivity contribution < 1.29 is 4.74 Å². The zero-order valence-corrected chi connectivity index (χ0v) is 13.2. The molecule has 1 aromatic carbocycles. The van der Waals surface area contributed by atoms with Gasteiger partial charge in [0.15, 0.2) is 0 Å². The van der Waals surface area contributed by atoms with Crippen molar-refractivity contribution >= 4 is 0 Å². The lowest BCUT2D eigenvalue weighted by Gasteiger charge is -2.29. The second-order valence-corrected chi connectivity index (χ2v) is 5.90. The molecule has 0 spiro atoms. The highest BCUT2D eigenvalue weighted by atomic mass is 16.5. The molecule has 1 aromatic heterocycles. The first kappa shape index (κ1) is 15.0. The van der Waals surface area contributed by atoms with E-state index < -0.39 is 0 Å². The zero-order chi connectivity index (χ0) is 15.2. The van der Waals surface area contributed by atoms with Gasteiger partial charge in [0.2, 0.25) is 0 Å². The summed E-state index contributed by atoms with van der Waals surface area (Å²) in [6, 6.07) is 6.26. The van der Waals surface area contributed by atoms with Crippen LogP contribution in [0, 0.1) is 0 Å². The SMILES string of the molecule is CCCCCCCN1COc2ccc(-n3cnnc3)cc2C1. The Morgan fingerprint density at radius 1 is 1.09 bits per heavy atom. The summed E-state index contributed by atoms with van der Waals surface area (Å²) in [6.07, 6.45) is 10.0. The van der Waals surface area contributed by atoms with Gasteiger partial charge in [-0.1, -0.05) is 32.6 Å². The molecule has 0 fully saturated rings. The number of nitrogens with zero attached hydrogens (tertiary/aromatic N) is 4. The highest BCUT2D eigenvalue weighted by Crippen LogP contribution is 2.27. The molecule has 0 bridgehead atoms. The lowest BCUT2D eigenvalue weighted by atomic mass is 10.1. The number of ether oxygens (including phenoxy) is 1. The molecule has 0 N–H and O–H groups in total. The summed E-state index contributed by atoms with van der Waals surface area (Å²) in [5, 5.41) is 7.72. The molecule has 5 nitrogen and oxygen atoms in total. The van der Waals surface area contributed by atoms with Crippen molar-refractivity contribution in [2.45, 2.75) is 45.6 Å². The van der Waals surface area contributed by atoms with Crippen LogP contribution in [0.2, 0.25) is 0 Å². The largest absolute Gasteiger partial charge is 0.478 e. The van der Waals surface area contributed by atoms with E-state index in [0.717, 1.165) is 24.5 Å². The Morgan fingerprint density at radius 3 is 2.73 bits per heavy atom. The summed E-state index contributed by atoms with van der Waals surface area (Å²) in [5.74, 6) is 0.999. The Balaban J connectivity index is 1.58. The normalized spacial score (nSPS) is 14.6. The van der Waals surface area contributed by atoms with Gasteiger partial charge in [0, 0.05) is 24.3 Å². The molecule has 2 heterocycles. The van der Waals surface area contributed by atoms with Crippen molar-refractivity contribution in [1.29, 1.82) is 0 Å². The molecular formula is C17H24N4O. The highest BCUT2D eigenvalue weighted by molar-refractivity contribution is 5.44. The lowest BCUT2D eigenvalue weighted by molar-refractivity contribution is 0.0935. The van der Waals surface area contributed by atoms with Crippen LogP contribution >= 0.6 is 0 Å². The molecule has 2 aromatic rings. The molecule has 118 valence electrons. The predicted octanol–water partition coefficient (Wildman–Crippen LogP) is 3.39. The van der Waals surface area contributed by atoms with Crippen LogP contribution < -0.4 is 4.74 Å². The summed E-state index contributed by atoms with van der Waals surface area (Å²) < 4.78 is 7.79. The van der Waals surface area contributed by atoms with Crippen molar-refractivity contribution in [3.8, 4) is 11.4 Å². The van der Waals surface area contributed by atoms with Crippen LogP contribution in [0.4, 0.5) is 0 Å². The monoisotopic (exact) mass is 300 g/mol. The second kappa shape index (κ2) is 7.40. The summed E-state index contributed by atoms with van der Waals surface area (Å²) in [4.78, 5) is 2.38. The average Bonchev–Trinajstić information content (AvgIpc) is 3.08. The topological polar surface area (TPSA) is 43.2 Å². The van der Waals surface area contributed by atoms with Crippen molar-refractivity contribution in [2.24, 2.45) is 0 Å². The number of hydrogen-bond acceptors (Lipinski definition) is 4. The van der Waals surface area contributed by atoms with Gasteiger partial charge in [-0.05, 0) is 24.6 Å². The van der Waals surface area contributed by atoms with E-state index in [4.69, 9.17) is 4.74 Å². The Kier molecular flexibility index (Phi) is 5.06. The Hall–Kier alpha value is -1.88. The molecule has 0 atom stereocenters. The van der Waals surface area contributed by atoms with Crippen LogP contribution in [-0.4, -0.2) is 32.9 Å². The predicted molar refractivity (Wildman–Crippen MR) is 86.0 cm³/mol. The number of unbranched alkanes of at least 4 members (excludes halogenated alkanes) is 4. The quantitative estimate of drug-likeness (QED) is 0.735. The van der Waals surface area contributed by atoms with Crippen molar-refractivity contribution in [3.63, 3.8) is 0 Å². The molecule has 0 saturated heterocycles. The van der Waals surface area contributed by atoms with Crippen LogP contribution in [0.15, 0.2) is 30.9 Å². The fourth-order valence-corrected chi connectivity index (χ4v) is 2.85. The molecule has 0 amide bonds. The number of aromatic nitrogens is 3. The number of benzene rings is 1. The van der Waals surface area contributed by atoms with Crippen LogP contribution in [0.1, 0.15) is 44.6 Å². The first-order chi connectivity index (χ1) is 10.9. The van der Waals surface area contributed by atoms with Gasteiger partial charge in [-0.2, -0.15) is 0 Å². The molecule has 0 saturated carbocycles. The van der Waals surface area contributed by atoms with Gasteiger partial charge in [-0.3, -0.25) is 9.47 Å². The summed E-state index contributed by atoms with van der Waals surface area (Å²) >= 11 is 0. The van der Waals surface area contributed by atoms with E-state index in [2.05, 4.69) is 28.1 Å². The molecule has 3 rings (SSSR count). The van der Waals surface area contributed by atoms with Gasteiger partial charge < -0.3 is 4.74 Å². The van der Waals surface area contributed by atoms with Gasteiger partial charge in [-0.25, -0.2) is 0 Å².